The molecule has 2 unspecified atom stereocenters. The van der Waals surface area contributed by atoms with Crippen LogP contribution in [-0.2, 0) is 6.42 Å². The molecule has 2 rings (SSSR count). The maximum absolute atomic E-state index is 9.64. The van der Waals surface area contributed by atoms with E-state index >= 15 is 0 Å². The summed E-state index contributed by atoms with van der Waals surface area (Å²) in [4.78, 5) is 0. The van der Waals surface area contributed by atoms with Gasteiger partial charge in [-0.25, -0.2) is 0 Å². The van der Waals surface area contributed by atoms with E-state index in [0.29, 0.717) is 12.0 Å². The molecular formula is C16H25NO. The molecule has 1 fully saturated rings. The fourth-order valence-corrected chi connectivity index (χ4v) is 2.68. The molecule has 1 aliphatic carbocycles. The zero-order chi connectivity index (χ0) is 13.0. The molecule has 2 N–H and O–H groups in total. The van der Waals surface area contributed by atoms with Crippen LogP contribution in [0.25, 0.3) is 0 Å². The molecule has 1 aromatic carbocycles. The molecule has 18 heavy (non-hydrogen) atoms. The van der Waals surface area contributed by atoms with E-state index in [2.05, 4.69) is 49.5 Å². The van der Waals surface area contributed by atoms with Crippen molar-refractivity contribution in [2.24, 2.45) is 5.92 Å². The zero-order valence-corrected chi connectivity index (χ0v) is 11.5. The van der Waals surface area contributed by atoms with Crippen LogP contribution >= 0.6 is 0 Å². The first-order valence-electron chi connectivity index (χ1n) is 7.10. The first-order valence-corrected chi connectivity index (χ1v) is 7.10. The fourth-order valence-electron chi connectivity index (χ4n) is 2.68. The summed E-state index contributed by atoms with van der Waals surface area (Å²) in [5, 5.41) is 13.3. The predicted molar refractivity (Wildman–Crippen MR) is 75.6 cm³/mol. The summed E-state index contributed by atoms with van der Waals surface area (Å²) in [6.07, 6.45) is 4.65. The number of nitrogens with one attached hydrogen (secondary N) is 1. The number of hydrogen-bond acceptors (Lipinski definition) is 2. The van der Waals surface area contributed by atoms with Crippen LogP contribution in [0.15, 0.2) is 30.3 Å². The second-order valence-electron chi connectivity index (χ2n) is 5.79. The van der Waals surface area contributed by atoms with Crippen molar-refractivity contribution in [1.82, 2.24) is 5.32 Å². The minimum atomic E-state index is -0.0878. The maximum atomic E-state index is 9.64. The van der Waals surface area contributed by atoms with Gasteiger partial charge in [-0.3, -0.25) is 0 Å². The van der Waals surface area contributed by atoms with Crippen molar-refractivity contribution in [3.05, 3.63) is 35.9 Å². The Morgan fingerprint density at radius 2 is 2.00 bits per heavy atom. The van der Waals surface area contributed by atoms with Gasteiger partial charge in [0.2, 0.25) is 0 Å². The zero-order valence-electron chi connectivity index (χ0n) is 11.5. The van der Waals surface area contributed by atoms with E-state index in [1.54, 1.807) is 0 Å². The lowest BCUT2D eigenvalue weighted by Gasteiger charge is -2.34. The topological polar surface area (TPSA) is 32.3 Å². The summed E-state index contributed by atoms with van der Waals surface area (Å²) >= 11 is 0. The van der Waals surface area contributed by atoms with Gasteiger partial charge < -0.3 is 10.4 Å². The largest absolute Gasteiger partial charge is 0.394 e. The summed E-state index contributed by atoms with van der Waals surface area (Å²) in [6, 6.07) is 11.0. The van der Waals surface area contributed by atoms with E-state index < -0.39 is 0 Å². The highest BCUT2D eigenvalue weighted by Gasteiger charge is 2.41. The summed E-state index contributed by atoms with van der Waals surface area (Å²) in [5.74, 6) is 0.660. The van der Waals surface area contributed by atoms with Gasteiger partial charge in [0.15, 0.2) is 0 Å². The fraction of sp³-hybridized carbons (Fsp3) is 0.625. The Balaban J connectivity index is 1.96. The maximum Gasteiger partial charge on any atom is 0.0613 e. The number of aliphatic hydroxyl groups excluding tert-OH is 1. The van der Waals surface area contributed by atoms with Crippen LogP contribution in [0.3, 0.4) is 0 Å². The van der Waals surface area contributed by atoms with Crippen LogP contribution in [0, 0.1) is 5.92 Å². The van der Waals surface area contributed by atoms with Gasteiger partial charge in [-0.15, -0.1) is 0 Å². The lowest BCUT2D eigenvalue weighted by atomic mass is 9.93. The van der Waals surface area contributed by atoms with Gasteiger partial charge in [0.1, 0.15) is 0 Å². The molecule has 0 heterocycles. The number of rotatable bonds is 7. The number of hydrogen-bond donors (Lipinski definition) is 2. The Morgan fingerprint density at radius 3 is 2.50 bits per heavy atom. The van der Waals surface area contributed by atoms with Crippen molar-refractivity contribution in [2.75, 3.05) is 6.61 Å². The smallest absolute Gasteiger partial charge is 0.0613 e. The van der Waals surface area contributed by atoms with Gasteiger partial charge >= 0.3 is 0 Å². The van der Waals surface area contributed by atoms with Gasteiger partial charge in [-0.05, 0) is 44.1 Å². The molecule has 0 aliphatic heterocycles. The van der Waals surface area contributed by atoms with Crippen LogP contribution in [0.4, 0.5) is 0 Å². The van der Waals surface area contributed by atoms with Crippen molar-refractivity contribution >= 4 is 0 Å². The molecular weight excluding hydrogens is 222 g/mol. The Labute approximate surface area is 110 Å². The van der Waals surface area contributed by atoms with E-state index in [1.807, 2.05) is 0 Å². The molecule has 0 aromatic heterocycles. The average Bonchev–Trinajstić information content (AvgIpc) is 3.23. The molecule has 2 heteroatoms. The number of aliphatic hydroxyl groups is 1. The molecule has 0 bridgehead atoms. The Hall–Kier alpha value is -0.860. The van der Waals surface area contributed by atoms with Gasteiger partial charge in [-0.1, -0.05) is 37.3 Å². The second kappa shape index (κ2) is 5.85. The summed E-state index contributed by atoms with van der Waals surface area (Å²) in [6.45, 7) is 4.62. The summed E-state index contributed by atoms with van der Waals surface area (Å²) in [7, 11) is 0. The third-order valence-electron chi connectivity index (χ3n) is 4.16. The van der Waals surface area contributed by atoms with Crippen LogP contribution in [0.5, 0.6) is 0 Å². The van der Waals surface area contributed by atoms with Crippen molar-refractivity contribution in [3.63, 3.8) is 0 Å². The van der Waals surface area contributed by atoms with E-state index in [0.717, 1.165) is 12.8 Å². The van der Waals surface area contributed by atoms with Gasteiger partial charge in [0, 0.05) is 11.6 Å². The molecule has 1 aliphatic rings. The standard InChI is InChI=1S/C16H25NO/c1-3-15(11-13-7-5-4-6-8-13)17-16(2,12-18)14-9-10-14/h4-8,14-15,17-18H,3,9-12H2,1-2H3. The van der Waals surface area contributed by atoms with Crippen molar-refractivity contribution < 1.29 is 5.11 Å². The predicted octanol–water partition coefficient (Wildman–Crippen LogP) is 2.76. The molecule has 1 saturated carbocycles. The lowest BCUT2D eigenvalue weighted by Crippen LogP contribution is -2.53. The summed E-state index contributed by atoms with van der Waals surface area (Å²) in [5.41, 5.74) is 1.28. The first kappa shape index (κ1) is 13.6. The highest BCUT2D eigenvalue weighted by atomic mass is 16.3. The molecule has 0 amide bonds. The highest BCUT2D eigenvalue weighted by Crippen LogP contribution is 2.39. The molecule has 0 spiro atoms. The van der Waals surface area contributed by atoms with Gasteiger partial charge in [0.25, 0.3) is 0 Å². The molecule has 0 radical (unpaired) electrons. The minimum Gasteiger partial charge on any atom is -0.394 e. The van der Waals surface area contributed by atoms with Crippen LogP contribution in [-0.4, -0.2) is 23.3 Å². The van der Waals surface area contributed by atoms with E-state index in [-0.39, 0.29) is 12.1 Å². The molecule has 1 aromatic rings. The quantitative estimate of drug-likeness (QED) is 0.776. The highest BCUT2D eigenvalue weighted by molar-refractivity contribution is 5.16. The van der Waals surface area contributed by atoms with Gasteiger partial charge in [-0.2, -0.15) is 0 Å². The van der Waals surface area contributed by atoms with Crippen molar-refractivity contribution in [1.29, 1.82) is 0 Å². The van der Waals surface area contributed by atoms with Crippen molar-refractivity contribution in [2.45, 2.75) is 51.1 Å². The Morgan fingerprint density at radius 1 is 1.33 bits per heavy atom. The molecule has 0 saturated heterocycles. The van der Waals surface area contributed by atoms with Crippen molar-refractivity contribution in [3.8, 4) is 0 Å². The minimum absolute atomic E-state index is 0.0878. The molecule has 100 valence electrons. The monoisotopic (exact) mass is 247 g/mol. The second-order valence-corrected chi connectivity index (χ2v) is 5.79. The van der Waals surface area contributed by atoms with E-state index in [9.17, 15) is 5.11 Å². The normalized spacial score (nSPS) is 20.4. The third kappa shape index (κ3) is 3.33. The van der Waals surface area contributed by atoms with E-state index in [1.165, 1.54) is 18.4 Å². The Kier molecular flexibility index (Phi) is 4.41. The average molecular weight is 247 g/mol. The Bertz CT molecular complexity index is 361. The number of benzene rings is 1. The third-order valence-corrected chi connectivity index (χ3v) is 4.16. The van der Waals surface area contributed by atoms with Crippen LogP contribution in [0.1, 0.15) is 38.7 Å². The SMILES string of the molecule is CCC(Cc1ccccc1)NC(C)(CO)C1CC1. The van der Waals surface area contributed by atoms with Gasteiger partial charge in [0.05, 0.1) is 6.61 Å². The first-order chi connectivity index (χ1) is 8.68. The van der Waals surface area contributed by atoms with E-state index in [4.69, 9.17) is 0 Å². The molecule has 2 nitrogen and oxygen atoms in total. The lowest BCUT2D eigenvalue weighted by molar-refractivity contribution is 0.140. The van der Waals surface area contributed by atoms with Crippen LogP contribution < -0.4 is 5.32 Å². The molecule has 2 atom stereocenters. The van der Waals surface area contributed by atoms with Crippen LogP contribution in [0.2, 0.25) is 0 Å². The summed E-state index contributed by atoms with van der Waals surface area (Å²) < 4.78 is 0.